The van der Waals surface area contributed by atoms with Crippen LogP contribution >= 0.6 is 23.2 Å². The molecule has 1 aliphatic heterocycles. The zero-order valence-corrected chi connectivity index (χ0v) is 14.0. The maximum atomic E-state index is 12.8. The Balaban J connectivity index is 1.85. The maximum absolute atomic E-state index is 12.8. The first-order chi connectivity index (χ1) is 9.97. The van der Waals surface area contributed by atoms with E-state index in [1.807, 2.05) is 0 Å². The predicted molar refractivity (Wildman–Crippen MR) is 84.9 cm³/mol. The highest BCUT2D eigenvalue weighted by molar-refractivity contribution is 7.91. The van der Waals surface area contributed by atoms with E-state index in [-0.39, 0.29) is 11.7 Å². The zero-order valence-electron chi connectivity index (χ0n) is 11.6. The highest BCUT2D eigenvalue weighted by Crippen LogP contribution is 2.43. The highest BCUT2D eigenvalue weighted by atomic mass is 35.5. The quantitative estimate of drug-likeness (QED) is 0.833. The first-order valence-corrected chi connectivity index (χ1v) is 9.71. The third-order valence-corrected chi connectivity index (χ3v) is 7.29. The summed E-state index contributed by atoms with van der Waals surface area (Å²) >= 11 is 12.2. The second-order valence-electron chi connectivity index (χ2n) is 5.87. The third kappa shape index (κ3) is 3.24. The van der Waals surface area contributed by atoms with Crippen LogP contribution in [0.1, 0.15) is 35.6 Å². The average molecular weight is 349 g/mol. The molecular formula is C15H18Cl2O3S. The fourth-order valence-corrected chi connectivity index (χ4v) is 6.24. The molecular weight excluding hydrogens is 331 g/mol. The number of fused-ring (bicyclic) bond motifs is 1. The molecule has 3 nitrogen and oxygen atoms in total. The number of benzene rings is 1. The molecule has 0 N–H and O–H groups in total. The van der Waals surface area contributed by atoms with E-state index in [1.54, 1.807) is 12.1 Å². The largest absolute Gasteiger partial charge is 0.381 e. The summed E-state index contributed by atoms with van der Waals surface area (Å²) in [6.07, 6.45) is 2.98. The van der Waals surface area contributed by atoms with Crippen molar-refractivity contribution >= 4 is 33.0 Å². The van der Waals surface area contributed by atoms with Gasteiger partial charge in [0.2, 0.25) is 0 Å². The Morgan fingerprint density at radius 2 is 1.86 bits per heavy atom. The van der Waals surface area contributed by atoms with E-state index >= 15 is 0 Å². The smallest absolute Gasteiger partial charge is 0.157 e. The number of rotatable bonds is 3. The van der Waals surface area contributed by atoms with E-state index in [4.69, 9.17) is 27.9 Å². The van der Waals surface area contributed by atoms with Crippen LogP contribution in [0.25, 0.3) is 0 Å². The molecule has 116 valence electrons. The average Bonchev–Trinajstić information content (AvgIpc) is 2.84. The van der Waals surface area contributed by atoms with Crippen molar-refractivity contribution in [3.05, 3.63) is 33.3 Å². The second kappa shape index (κ2) is 6.07. The standard InChI is InChI=1S/C15H18Cl2O3S/c16-11-7-13-12(14(17)8-11)1-2-15(13)21(18,19)9-10-3-5-20-6-4-10/h7-8,10,15H,1-6,9H2. The lowest BCUT2D eigenvalue weighted by Gasteiger charge is -2.23. The monoisotopic (exact) mass is 348 g/mol. The molecule has 21 heavy (non-hydrogen) atoms. The molecule has 1 atom stereocenters. The summed E-state index contributed by atoms with van der Waals surface area (Å²) < 4.78 is 30.8. The van der Waals surface area contributed by atoms with Gasteiger partial charge in [0, 0.05) is 23.3 Å². The van der Waals surface area contributed by atoms with E-state index < -0.39 is 15.1 Å². The van der Waals surface area contributed by atoms with Crippen molar-refractivity contribution in [2.45, 2.75) is 30.9 Å². The van der Waals surface area contributed by atoms with E-state index in [0.29, 0.717) is 36.1 Å². The Bertz CT molecular complexity index is 637. The van der Waals surface area contributed by atoms with Crippen molar-refractivity contribution < 1.29 is 13.2 Å². The van der Waals surface area contributed by atoms with Gasteiger partial charge in [-0.25, -0.2) is 8.42 Å². The summed E-state index contributed by atoms with van der Waals surface area (Å²) in [5.41, 5.74) is 1.75. The zero-order chi connectivity index (χ0) is 15.0. The van der Waals surface area contributed by atoms with Gasteiger partial charge < -0.3 is 4.74 Å². The SMILES string of the molecule is O=S(=O)(CC1CCOCC1)C1CCc2c(Cl)cc(Cl)cc21. The van der Waals surface area contributed by atoms with E-state index in [1.165, 1.54) is 0 Å². The normalized spacial score (nSPS) is 23.2. The number of sulfone groups is 1. The minimum Gasteiger partial charge on any atom is -0.381 e. The van der Waals surface area contributed by atoms with Crippen LogP contribution in [0.2, 0.25) is 10.0 Å². The van der Waals surface area contributed by atoms with Gasteiger partial charge in [0.25, 0.3) is 0 Å². The lowest BCUT2D eigenvalue weighted by atomic mass is 10.0. The molecule has 0 radical (unpaired) electrons. The molecule has 0 bridgehead atoms. The fraction of sp³-hybridized carbons (Fsp3) is 0.600. The highest BCUT2D eigenvalue weighted by Gasteiger charge is 2.36. The molecule has 3 rings (SSSR count). The first-order valence-electron chi connectivity index (χ1n) is 7.24. The second-order valence-corrected chi connectivity index (χ2v) is 8.94. The molecule has 6 heteroatoms. The number of halogens is 2. The molecule has 1 heterocycles. The molecule has 1 aromatic rings. The van der Waals surface area contributed by atoms with Gasteiger partial charge in [-0.2, -0.15) is 0 Å². The Morgan fingerprint density at radius 1 is 1.14 bits per heavy atom. The van der Waals surface area contributed by atoms with Crippen LogP contribution < -0.4 is 0 Å². The number of hydrogen-bond acceptors (Lipinski definition) is 3. The third-order valence-electron chi connectivity index (χ3n) is 4.44. The van der Waals surface area contributed by atoms with Gasteiger partial charge in [0.1, 0.15) is 0 Å². The maximum Gasteiger partial charge on any atom is 0.157 e. The lowest BCUT2D eigenvalue weighted by molar-refractivity contribution is 0.0723. The van der Waals surface area contributed by atoms with Crippen molar-refractivity contribution in [2.24, 2.45) is 5.92 Å². The van der Waals surface area contributed by atoms with Crippen LogP contribution in [-0.4, -0.2) is 27.4 Å². The van der Waals surface area contributed by atoms with E-state index in [0.717, 1.165) is 24.0 Å². The van der Waals surface area contributed by atoms with Crippen molar-refractivity contribution in [1.82, 2.24) is 0 Å². The van der Waals surface area contributed by atoms with Crippen LogP contribution in [-0.2, 0) is 21.0 Å². The molecule has 1 fully saturated rings. The Kier molecular flexibility index (Phi) is 4.51. The van der Waals surface area contributed by atoms with Gasteiger partial charge in [0.15, 0.2) is 9.84 Å². The number of hydrogen-bond donors (Lipinski definition) is 0. The van der Waals surface area contributed by atoms with Crippen molar-refractivity contribution in [1.29, 1.82) is 0 Å². The first kappa shape index (κ1) is 15.6. The van der Waals surface area contributed by atoms with Gasteiger partial charge in [-0.3, -0.25) is 0 Å². The van der Waals surface area contributed by atoms with Crippen LogP contribution in [0, 0.1) is 5.92 Å². The Morgan fingerprint density at radius 3 is 2.57 bits per heavy atom. The molecule has 0 aromatic heterocycles. The van der Waals surface area contributed by atoms with Crippen LogP contribution in [0.5, 0.6) is 0 Å². The van der Waals surface area contributed by atoms with Crippen molar-refractivity contribution in [2.75, 3.05) is 19.0 Å². The molecule has 0 saturated carbocycles. The summed E-state index contributed by atoms with van der Waals surface area (Å²) in [4.78, 5) is 0. The fourth-order valence-electron chi connectivity index (χ4n) is 3.34. The minimum atomic E-state index is -3.18. The molecule has 0 spiro atoms. The van der Waals surface area contributed by atoms with Gasteiger partial charge in [-0.15, -0.1) is 0 Å². The minimum absolute atomic E-state index is 0.211. The molecule has 1 saturated heterocycles. The predicted octanol–water partition coefficient (Wildman–Crippen LogP) is 3.82. The van der Waals surface area contributed by atoms with Crippen molar-refractivity contribution in [3.63, 3.8) is 0 Å². The molecule has 0 amide bonds. The molecule has 2 aliphatic rings. The van der Waals surface area contributed by atoms with Gasteiger partial charge in [0.05, 0.1) is 11.0 Å². The van der Waals surface area contributed by atoms with E-state index in [9.17, 15) is 8.42 Å². The molecule has 1 aliphatic carbocycles. The Hall–Kier alpha value is -0.290. The molecule has 1 unspecified atom stereocenters. The van der Waals surface area contributed by atoms with Crippen LogP contribution in [0.3, 0.4) is 0 Å². The summed E-state index contributed by atoms with van der Waals surface area (Å²) in [5.74, 6) is 0.451. The van der Waals surface area contributed by atoms with Gasteiger partial charge in [-0.05, 0) is 54.9 Å². The molecule has 1 aromatic carbocycles. The van der Waals surface area contributed by atoms with Crippen molar-refractivity contribution in [3.8, 4) is 0 Å². The topological polar surface area (TPSA) is 43.4 Å². The van der Waals surface area contributed by atoms with E-state index in [2.05, 4.69) is 0 Å². The van der Waals surface area contributed by atoms with Gasteiger partial charge >= 0.3 is 0 Å². The summed E-state index contributed by atoms with van der Waals surface area (Å²) in [7, 11) is -3.18. The summed E-state index contributed by atoms with van der Waals surface area (Å²) in [6, 6.07) is 3.46. The summed E-state index contributed by atoms with van der Waals surface area (Å²) in [5, 5.41) is 0.639. The van der Waals surface area contributed by atoms with Crippen LogP contribution in [0.15, 0.2) is 12.1 Å². The van der Waals surface area contributed by atoms with Gasteiger partial charge in [-0.1, -0.05) is 23.2 Å². The summed E-state index contributed by atoms with van der Waals surface area (Å²) in [6.45, 7) is 1.33. The number of ether oxygens (including phenoxy) is 1. The Labute approximate surface area is 135 Å². The van der Waals surface area contributed by atoms with Crippen LogP contribution in [0.4, 0.5) is 0 Å². The lowest BCUT2D eigenvalue weighted by Crippen LogP contribution is -2.26.